The molecule has 0 aromatic heterocycles. The number of rotatable bonds is 6. The number of ether oxygens (including phenoxy) is 1. The van der Waals surface area contributed by atoms with Gasteiger partial charge in [-0.1, -0.05) is 6.07 Å². The number of carbonyl (C=O) groups is 1. The number of hydrogen-bond donors (Lipinski definition) is 0. The van der Waals surface area contributed by atoms with Gasteiger partial charge in [-0.15, -0.1) is 0 Å². The first-order chi connectivity index (χ1) is 10.6. The van der Waals surface area contributed by atoms with Crippen LogP contribution in [0.25, 0.3) is 0 Å². The number of hydrogen-bond acceptors (Lipinski definition) is 2. The standard InChI is InChI=1S/C15H16F6O2/c1-2-23-13(22)6-4-3-5-10-7-8-11(14(16,17)18)12(9-10)15(19,20)21/h7-9H,2-6H2,1H3. The van der Waals surface area contributed by atoms with E-state index in [2.05, 4.69) is 0 Å². The molecule has 1 rings (SSSR count). The number of benzene rings is 1. The van der Waals surface area contributed by atoms with E-state index >= 15 is 0 Å². The van der Waals surface area contributed by atoms with Crippen LogP contribution in [0.5, 0.6) is 0 Å². The van der Waals surface area contributed by atoms with Crippen molar-refractivity contribution in [3.05, 3.63) is 34.9 Å². The molecule has 0 radical (unpaired) electrons. The third kappa shape index (κ3) is 6.11. The topological polar surface area (TPSA) is 26.3 Å². The van der Waals surface area contributed by atoms with Crippen LogP contribution in [0, 0.1) is 0 Å². The van der Waals surface area contributed by atoms with Crippen LogP contribution < -0.4 is 0 Å². The van der Waals surface area contributed by atoms with Crippen molar-refractivity contribution in [2.75, 3.05) is 6.61 Å². The van der Waals surface area contributed by atoms with Crippen LogP contribution in [0.4, 0.5) is 26.3 Å². The van der Waals surface area contributed by atoms with E-state index in [1.165, 1.54) is 0 Å². The van der Waals surface area contributed by atoms with E-state index in [1.807, 2.05) is 0 Å². The fourth-order valence-electron chi connectivity index (χ4n) is 2.06. The molecule has 0 amide bonds. The molecule has 0 aliphatic rings. The predicted molar refractivity (Wildman–Crippen MR) is 70.6 cm³/mol. The molecular weight excluding hydrogens is 326 g/mol. The normalized spacial score (nSPS) is 12.3. The van der Waals surface area contributed by atoms with Gasteiger partial charge in [-0.25, -0.2) is 0 Å². The van der Waals surface area contributed by atoms with Crippen LogP contribution in [0.3, 0.4) is 0 Å². The van der Waals surface area contributed by atoms with E-state index in [1.54, 1.807) is 6.92 Å². The highest BCUT2D eigenvalue weighted by atomic mass is 19.4. The lowest BCUT2D eigenvalue weighted by atomic mass is 9.99. The SMILES string of the molecule is CCOC(=O)CCCCc1ccc(C(F)(F)F)c(C(F)(F)F)c1. The molecule has 0 heterocycles. The number of alkyl halides is 6. The van der Waals surface area contributed by atoms with Gasteiger partial charge in [0.1, 0.15) is 0 Å². The summed E-state index contributed by atoms with van der Waals surface area (Å²) in [7, 11) is 0. The van der Waals surface area contributed by atoms with Gasteiger partial charge >= 0.3 is 18.3 Å². The number of halogens is 6. The van der Waals surface area contributed by atoms with Crippen molar-refractivity contribution in [2.45, 2.75) is 45.0 Å². The fourth-order valence-corrected chi connectivity index (χ4v) is 2.06. The monoisotopic (exact) mass is 342 g/mol. The van der Waals surface area contributed by atoms with Crippen LogP contribution in [-0.4, -0.2) is 12.6 Å². The fraction of sp³-hybridized carbons (Fsp3) is 0.533. The molecule has 1 aromatic rings. The molecule has 8 heteroatoms. The molecule has 0 aliphatic carbocycles. The number of esters is 1. The quantitative estimate of drug-likeness (QED) is 0.413. The third-order valence-electron chi connectivity index (χ3n) is 3.10. The van der Waals surface area contributed by atoms with Crippen molar-refractivity contribution in [3.63, 3.8) is 0 Å². The smallest absolute Gasteiger partial charge is 0.417 e. The summed E-state index contributed by atoms with van der Waals surface area (Å²) in [6.07, 6.45) is -9.09. The Balaban J connectivity index is 2.77. The Morgan fingerprint density at radius 3 is 2.13 bits per heavy atom. The molecule has 0 fully saturated rings. The first-order valence-corrected chi connectivity index (χ1v) is 6.98. The molecule has 0 bridgehead atoms. The maximum absolute atomic E-state index is 12.8. The van der Waals surface area contributed by atoms with Crippen LogP contribution in [0.15, 0.2) is 18.2 Å². The molecule has 0 aliphatic heterocycles. The summed E-state index contributed by atoms with van der Waals surface area (Å²) in [6.45, 7) is 1.89. The van der Waals surface area contributed by atoms with E-state index < -0.39 is 29.4 Å². The number of unbranched alkanes of at least 4 members (excludes halogenated alkanes) is 1. The van der Waals surface area contributed by atoms with E-state index in [-0.39, 0.29) is 25.0 Å². The Kier molecular flexibility index (Phi) is 6.47. The van der Waals surface area contributed by atoms with Crippen molar-refractivity contribution < 1.29 is 35.9 Å². The Bertz CT molecular complexity index is 534. The Hall–Kier alpha value is -1.73. The van der Waals surface area contributed by atoms with Crippen molar-refractivity contribution >= 4 is 5.97 Å². The minimum absolute atomic E-state index is 0.126. The lowest BCUT2D eigenvalue weighted by Crippen LogP contribution is -2.16. The lowest BCUT2D eigenvalue weighted by Gasteiger charge is -2.16. The zero-order chi connectivity index (χ0) is 17.7. The largest absolute Gasteiger partial charge is 0.466 e. The molecule has 0 N–H and O–H groups in total. The summed E-state index contributed by atoms with van der Waals surface area (Å²) >= 11 is 0. The van der Waals surface area contributed by atoms with Gasteiger partial charge in [-0.3, -0.25) is 4.79 Å². The summed E-state index contributed by atoms with van der Waals surface area (Å²) in [6, 6.07) is 2.00. The van der Waals surface area contributed by atoms with Crippen LogP contribution >= 0.6 is 0 Å². The van der Waals surface area contributed by atoms with Gasteiger partial charge in [0, 0.05) is 6.42 Å². The Morgan fingerprint density at radius 2 is 1.61 bits per heavy atom. The molecular formula is C15H16F6O2. The number of aryl methyl sites for hydroxylation is 1. The van der Waals surface area contributed by atoms with E-state index in [9.17, 15) is 31.1 Å². The summed E-state index contributed by atoms with van der Waals surface area (Å²) in [5.41, 5.74) is -3.23. The molecule has 0 saturated heterocycles. The summed E-state index contributed by atoms with van der Waals surface area (Å²) in [5.74, 6) is -0.407. The Labute approximate surface area is 129 Å². The summed E-state index contributed by atoms with van der Waals surface area (Å²) in [4.78, 5) is 11.1. The first kappa shape index (κ1) is 19.3. The second-order valence-electron chi connectivity index (χ2n) is 4.89. The molecule has 130 valence electrons. The molecule has 0 spiro atoms. The number of carbonyl (C=O) groups excluding carboxylic acids is 1. The van der Waals surface area contributed by atoms with Gasteiger partial charge in [0.05, 0.1) is 17.7 Å². The minimum atomic E-state index is -5.08. The molecule has 23 heavy (non-hydrogen) atoms. The maximum atomic E-state index is 12.8. The van der Waals surface area contributed by atoms with Crippen LogP contribution in [-0.2, 0) is 28.3 Å². The van der Waals surface area contributed by atoms with Gasteiger partial charge in [0.15, 0.2) is 0 Å². The highest BCUT2D eigenvalue weighted by Crippen LogP contribution is 2.40. The average Bonchev–Trinajstić information content (AvgIpc) is 2.41. The van der Waals surface area contributed by atoms with Gasteiger partial charge in [0.2, 0.25) is 0 Å². The van der Waals surface area contributed by atoms with Crippen molar-refractivity contribution in [2.24, 2.45) is 0 Å². The summed E-state index contributed by atoms with van der Waals surface area (Å²) in [5, 5.41) is 0. The highest BCUT2D eigenvalue weighted by molar-refractivity contribution is 5.69. The highest BCUT2D eigenvalue weighted by Gasteiger charge is 2.42. The molecule has 0 unspecified atom stereocenters. The van der Waals surface area contributed by atoms with E-state index in [0.29, 0.717) is 25.0 Å². The zero-order valence-corrected chi connectivity index (χ0v) is 12.4. The van der Waals surface area contributed by atoms with Gasteiger partial charge in [-0.2, -0.15) is 26.3 Å². The molecule has 1 aromatic carbocycles. The van der Waals surface area contributed by atoms with Gasteiger partial charge in [-0.05, 0) is 43.9 Å². The third-order valence-corrected chi connectivity index (χ3v) is 3.10. The minimum Gasteiger partial charge on any atom is -0.466 e. The average molecular weight is 342 g/mol. The molecule has 0 atom stereocenters. The molecule has 0 saturated carbocycles. The van der Waals surface area contributed by atoms with E-state index in [0.717, 1.165) is 6.07 Å². The van der Waals surface area contributed by atoms with E-state index in [4.69, 9.17) is 4.74 Å². The second kappa shape index (κ2) is 7.70. The maximum Gasteiger partial charge on any atom is 0.417 e. The predicted octanol–water partition coefficient (Wildman–Crippen LogP) is 5.00. The second-order valence-corrected chi connectivity index (χ2v) is 4.89. The summed E-state index contributed by atoms with van der Waals surface area (Å²) < 4.78 is 80.9. The van der Waals surface area contributed by atoms with Crippen molar-refractivity contribution in [3.8, 4) is 0 Å². The van der Waals surface area contributed by atoms with Crippen LogP contribution in [0.2, 0.25) is 0 Å². The zero-order valence-electron chi connectivity index (χ0n) is 12.4. The van der Waals surface area contributed by atoms with Crippen molar-refractivity contribution in [1.29, 1.82) is 0 Å². The van der Waals surface area contributed by atoms with Crippen molar-refractivity contribution in [1.82, 2.24) is 0 Å². The van der Waals surface area contributed by atoms with Crippen LogP contribution in [0.1, 0.15) is 42.9 Å². The first-order valence-electron chi connectivity index (χ1n) is 6.98. The Morgan fingerprint density at radius 1 is 1.00 bits per heavy atom. The molecule has 2 nitrogen and oxygen atoms in total. The van der Waals surface area contributed by atoms with Gasteiger partial charge in [0.25, 0.3) is 0 Å². The lowest BCUT2D eigenvalue weighted by molar-refractivity contribution is -0.162. The van der Waals surface area contributed by atoms with Gasteiger partial charge < -0.3 is 4.74 Å².